The lowest BCUT2D eigenvalue weighted by Gasteiger charge is -2.21. The molecule has 0 saturated carbocycles. The molecular formula is C19H21NO3. The summed E-state index contributed by atoms with van der Waals surface area (Å²) in [6.07, 6.45) is 0. The van der Waals surface area contributed by atoms with Gasteiger partial charge in [0.05, 0.1) is 6.04 Å². The summed E-state index contributed by atoms with van der Waals surface area (Å²) < 4.78 is 11.1. The van der Waals surface area contributed by atoms with Crippen molar-refractivity contribution in [2.75, 3.05) is 13.2 Å². The van der Waals surface area contributed by atoms with E-state index in [1.807, 2.05) is 57.2 Å². The Kier molecular flexibility index (Phi) is 4.24. The van der Waals surface area contributed by atoms with Gasteiger partial charge < -0.3 is 14.8 Å². The third-order valence-electron chi connectivity index (χ3n) is 4.05. The van der Waals surface area contributed by atoms with E-state index >= 15 is 0 Å². The highest BCUT2D eigenvalue weighted by Gasteiger charge is 2.17. The zero-order valence-electron chi connectivity index (χ0n) is 13.7. The number of amides is 1. The Morgan fingerprint density at radius 3 is 2.57 bits per heavy atom. The molecule has 0 aliphatic carbocycles. The molecule has 0 spiro atoms. The first-order valence-corrected chi connectivity index (χ1v) is 7.82. The van der Waals surface area contributed by atoms with Crippen LogP contribution in [0.1, 0.15) is 40.0 Å². The molecule has 1 atom stereocenters. The van der Waals surface area contributed by atoms with Crippen molar-refractivity contribution in [3.8, 4) is 11.5 Å². The minimum atomic E-state index is -0.113. The summed E-state index contributed by atoms with van der Waals surface area (Å²) in [5, 5.41) is 3.05. The Labute approximate surface area is 136 Å². The number of ether oxygens (including phenoxy) is 2. The highest BCUT2D eigenvalue weighted by Crippen LogP contribution is 2.32. The first-order chi connectivity index (χ1) is 11.0. The maximum Gasteiger partial charge on any atom is 0.252 e. The molecule has 1 aliphatic rings. The summed E-state index contributed by atoms with van der Waals surface area (Å²) in [7, 11) is 0. The molecule has 3 rings (SSSR count). The van der Waals surface area contributed by atoms with Crippen molar-refractivity contribution in [1.82, 2.24) is 5.32 Å². The Bertz CT molecular complexity index is 739. The number of nitrogens with one attached hydrogen (secondary N) is 1. The van der Waals surface area contributed by atoms with Gasteiger partial charge in [0.1, 0.15) is 13.2 Å². The van der Waals surface area contributed by atoms with Gasteiger partial charge in [0.15, 0.2) is 11.5 Å². The first-order valence-electron chi connectivity index (χ1n) is 7.82. The van der Waals surface area contributed by atoms with Crippen LogP contribution in [-0.2, 0) is 0 Å². The standard InChI is InChI=1S/C19H21NO3/c1-12-4-5-13(2)16(10-12)19(21)20-14(3)15-6-7-17-18(11-15)23-9-8-22-17/h4-7,10-11,14H,8-9H2,1-3H3,(H,20,21)/t14-/m1/s1. The SMILES string of the molecule is Cc1ccc(C)c(C(=O)N[C@H](C)c2ccc3c(c2)OCCO3)c1. The van der Waals surface area contributed by atoms with E-state index in [4.69, 9.17) is 9.47 Å². The number of hydrogen-bond acceptors (Lipinski definition) is 3. The van der Waals surface area contributed by atoms with Crippen LogP contribution in [0, 0.1) is 13.8 Å². The summed E-state index contributed by atoms with van der Waals surface area (Å²) in [4.78, 5) is 12.5. The van der Waals surface area contributed by atoms with Crippen molar-refractivity contribution < 1.29 is 14.3 Å². The van der Waals surface area contributed by atoms with E-state index in [1.54, 1.807) is 0 Å². The molecule has 2 aromatic carbocycles. The maximum absolute atomic E-state index is 12.5. The first kappa shape index (κ1) is 15.4. The van der Waals surface area contributed by atoms with Gasteiger partial charge in [-0.3, -0.25) is 4.79 Å². The fraction of sp³-hybridized carbons (Fsp3) is 0.316. The van der Waals surface area contributed by atoms with Crippen molar-refractivity contribution in [1.29, 1.82) is 0 Å². The van der Waals surface area contributed by atoms with E-state index in [0.29, 0.717) is 13.2 Å². The molecule has 0 radical (unpaired) electrons. The van der Waals surface area contributed by atoms with Crippen molar-refractivity contribution in [2.45, 2.75) is 26.8 Å². The van der Waals surface area contributed by atoms with Crippen LogP contribution in [0.5, 0.6) is 11.5 Å². The van der Waals surface area contributed by atoms with Gasteiger partial charge in [-0.2, -0.15) is 0 Å². The quantitative estimate of drug-likeness (QED) is 0.942. The van der Waals surface area contributed by atoms with Crippen LogP contribution in [0.25, 0.3) is 0 Å². The van der Waals surface area contributed by atoms with Crippen molar-refractivity contribution in [3.05, 3.63) is 58.7 Å². The molecule has 0 aromatic heterocycles. The smallest absolute Gasteiger partial charge is 0.252 e. The summed E-state index contributed by atoms with van der Waals surface area (Å²) in [5.74, 6) is 1.43. The van der Waals surface area contributed by atoms with Gasteiger partial charge in [-0.25, -0.2) is 0 Å². The predicted octanol–water partition coefficient (Wildman–Crippen LogP) is 3.57. The lowest BCUT2D eigenvalue weighted by atomic mass is 10.0. The third-order valence-corrected chi connectivity index (χ3v) is 4.05. The average Bonchev–Trinajstić information content (AvgIpc) is 2.56. The minimum Gasteiger partial charge on any atom is -0.486 e. The van der Waals surface area contributed by atoms with Crippen LogP contribution in [0.15, 0.2) is 36.4 Å². The lowest BCUT2D eigenvalue weighted by Crippen LogP contribution is -2.27. The molecule has 1 amide bonds. The number of rotatable bonds is 3. The van der Waals surface area contributed by atoms with E-state index in [0.717, 1.165) is 33.8 Å². The van der Waals surface area contributed by atoms with Gasteiger partial charge in [-0.15, -0.1) is 0 Å². The van der Waals surface area contributed by atoms with E-state index < -0.39 is 0 Å². The van der Waals surface area contributed by atoms with E-state index in [2.05, 4.69) is 5.32 Å². The Morgan fingerprint density at radius 2 is 1.78 bits per heavy atom. The topological polar surface area (TPSA) is 47.6 Å². The van der Waals surface area contributed by atoms with Gasteiger partial charge in [0.25, 0.3) is 5.91 Å². The summed E-state index contributed by atoms with van der Waals surface area (Å²) in [6, 6.07) is 11.6. The maximum atomic E-state index is 12.5. The van der Waals surface area contributed by atoms with Gasteiger partial charge in [0, 0.05) is 5.56 Å². The number of hydrogen-bond donors (Lipinski definition) is 1. The largest absolute Gasteiger partial charge is 0.486 e. The molecule has 0 bridgehead atoms. The summed E-state index contributed by atoms with van der Waals surface area (Å²) >= 11 is 0. The molecule has 2 aromatic rings. The van der Waals surface area contributed by atoms with Gasteiger partial charge in [-0.1, -0.05) is 23.8 Å². The van der Waals surface area contributed by atoms with Gasteiger partial charge in [0.2, 0.25) is 0 Å². The second-order valence-electron chi connectivity index (χ2n) is 5.92. The number of aryl methyl sites for hydroxylation is 2. The minimum absolute atomic E-state index is 0.0615. The predicted molar refractivity (Wildman–Crippen MR) is 89.2 cm³/mol. The molecule has 23 heavy (non-hydrogen) atoms. The van der Waals surface area contributed by atoms with Crippen LogP contribution in [0.4, 0.5) is 0 Å². The van der Waals surface area contributed by atoms with Crippen molar-refractivity contribution >= 4 is 5.91 Å². The highest BCUT2D eigenvalue weighted by molar-refractivity contribution is 5.96. The number of carbonyl (C=O) groups excluding carboxylic acids is 1. The van der Waals surface area contributed by atoms with E-state index in [9.17, 15) is 4.79 Å². The zero-order valence-corrected chi connectivity index (χ0v) is 13.7. The third kappa shape index (κ3) is 3.31. The fourth-order valence-electron chi connectivity index (χ4n) is 2.67. The molecular weight excluding hydrogens is 290 g/mol. The lowest BCUT2D eigenvalue weighted by molar-refractivity contribution is 0.0939. The normalized spacial score (nSPS) is 14.2. The van der Waals surface area contributed by atoms with Crippen molar-refractivity contribution in [3.63, 3.8) is 0 Å². The number of carbonyl (C=O) groups is 1. The van der Waals surface area contributed by atoms with Crippen molar-refractivity contribution in [2.24, 2.45) is 0 Å². The molecule has 0 fully saturated rings. The molecule has 0 saturated heterocycles. The fourth-order valence-corrected chi connectivity index (χ4v) is 2.67. The Hall–Kier alpha value is -2.49. The second-order valence-corrected chi connectivity index (χ2v) is 5.92. The van der Waals surface area contributed by atoms with E-state index in [1.165, 1.54) is 0 Å². The highest BCUT2D eigenvalue weighted by atomic mass is 16.6. The van der Waals surface area contributed by atoms with Crippen LogP contribution in [0.2, 0.25) is 0 Å². The number of benzene rings is 2. The Balaban J connectivity index is 1.77. The Morgan fingerprint density at radius 1 is 1.04 bits per heavy atom. The monoisotopic (exact) mass is 311 g/mol. The zero-order chi connectivity index (χ0) is 16.4. The molecule has 1 heterocycles. The second kappa shape index (κ2) is 6.32. The number of fused-ring (bicyclic) bond motifs is 1. The molecule has 1 aliphatic heterocycles. The average molecular weight is 311 g/mol. The van der Waals surface area contributed by atoms with E-state index in [-0.39, 0.29) is 11.9 Å². The van der Waals surface area contributed by atoms with Gasteiger partial charge in [-0.05, 0) is 50.1 Å². The summed E-state index contributed by atoms with van der Waals surface area (Å²) in [6.45, 7) is 7.03. The van der Waals surface area contributed by atoms with Crippen LogP contribution in [-0.4, -0.2) is 19.1 Å². The van der Waals surface area contributed by atoms with Gasteiger partial charge >= 0.3 is 0 Å². The summed E-state index contributed by atoms with van der Waals surface area (Å²) in [5.41, 5.74) is 3.76. The van der Waals surface area contributed by atoms with Crippen LogP contribution >= 0.6 is 0 Å². The molecule has 0 unspecified atom stereocenters. The molecule has 1 N–H and O–H groups in total. The molecule has 4 nitrogen and oxygen atoms in total. The van der Waals surface area contributed by atoms with Crippen LogP contribution < -0.4 is 14.8 Å². The molecule has 120 valence electrons. The van der Waals surface area contributed by atoms with Crippen LogP contribution in [0.3, 0.4) is 0 Å². The molecule has 4 heteroatoms.